The molecule has 0 atom stereocenters. The van der Waals surface area contributed by atoms with Gasteiger partial charge in [0.25, 0.3) is 0 Å². The van der Waals surface area contributed by atoms with Gasteiger partial charge in [0.15, 0.2) is 5.96 Å². The second kappa shape index (κ2) is 8.90. The Kier molecular flexibility index (Phi) is 6.88. The molecule has 0 radical (unpaired) electrons. The van der Waals surface area contributed by atoms with Crippen LogP contribution in [0.3, 0.4) is 0 Å². The van der Waals surface area contributed by atoms with E-state index in [4.69, 9.17) is 10.2 Å². The van der Waals surface area contributed by atoms with Crippen LogP contribution in [0.15, 0.2) is 46.0 Å². The third-order valence-corrected chi connectivity index (χ3v) is 3.94. The number of hydrogen-bond acceptors (Lipinski definition) is 3. The zero-order valence-electron chi connectivity index (χ0n) is 13.1. The highest BCUT2D eigenvalue weighted by Gasteiger charge is 2.13. The molecule has 1 aromatic carbocycles. The molecule has 23 heavy (non-hydrogen) atoms. The number of aliphatic imine (C=N–C) groups is 1. The molecule has 6 heteroatoms. The van der Waals surface area contributed by atoms with Gasteiger partial charge in [0, 0.05) is 11.6 Å². The molecule has 2 aromatic rings. The van der Waals surface area contributed by atoms with Crippen LogP contribution in [0.4, 0.5) is 0 Å². The molecule has 1 fully saturated rings. The monoisotopic (exact) mass is 426 g/mol. The first-order valence-corrected chi connectivity index (χ1v) is 7.87. The first kappa shape index (κ1) is 17.8. The molecule has 0 bridgehead atoms. The van der Waals surface area contributed by atoms with E-state index in [0.29, 0.717) is 24.4 Å². The van der Waals surface area contributed by atoms with Crippen LogP contribution in [0.2, 0.25) is 0 Å². The summed E-state index contributed by atoms with van der Waals surface area (Å²) < 4.78 is 5.49. The summed E-state index contributed by atoms with van der Waals surface area (Å²) in [7, 11) is 0. The van der Waals surface area contributed by atoms with Gasteiger partial charge in [0.1, 0.15) is 12.0 Å². The van der Waals surface area contributed by atoms with Gasteiger partial charge in [-0.2, -0.15) is 0 Å². The number of guanidine groups is 1. The molecule has 3 N–H and O–H groups in total. The normalized spacial score (nSPS) is 15.9. The van der Waals surface area contributed by atoms with Crippen molar-refractivity contribution in [2.45, 2.75) is 44.7 Å². The second-order valence-corrected chi connectivity index (χ2v) is 5.69. The van der Waals surface area contributed by atoms with E-state index in [0.717, 1.165) is 11.3 Å². The van der Waals surface area contributed by atoms with Gasteiger partial charge in [-0.05, 0) is 25.0 Å². The maximum absolute atomic E-state index is 5.95. The van der Waals surface area contributed by atoms with Crippen molar-refractivity contribution in [1.29, 1.82) is 0 Å². The quantitative estimate of drug-likeness (QED) is 0.444. The lowest BCUT2D eigenvalue weighted by atomic mass is 9.96. The van der Waals surface area contributed by atoms with E-state index in [-0.39, 0.29) is 24.0 Å². The zero-order chi connectivity index (χ0) is 15.2. The van der Waals surface area contributed by atoms with Crippen molar-refractivity contribution >= 4 is 29.9 Å². The Labute approximate surface area is 153 Å². The minimum absolute atomic E-state index is 0. The largest absolute Gasteiger partial charge is 0.444 e. The van der Waals surface area contributed by atoms with Gasteiger partial charge >= 0.3 is 0 Å². The predicted octanol–water partition coefficient (Wildman–Crippen LogP) is 3.70. The molecule has 0 unspecified atom stereocenters. The Hall–Kier alpha value is -1.57. The molecule has 3 rings (SSSR count). The molecule has 1 aliphatic carbocycles. The number of nitrogens with two attached hydrogens (primary N) is 1. The summed E-state index contributed by atoms with van der Waals surface area (Å²) in [5.41, 5.74) is 7.70. The van der Waals surface area contributed by atoms with E-state index >= 15 is 0 Å². The molecule has 1 heterocycles. The summed E-state index contributed by atoms with van der Waals surface area (Å²) in [6.45, 7) is 0.432. The van der Waals surface area contributed by atoms with E-state index in [1.165, 1.54) is 32.1 Å². The molecule has 124 valence electrons. The first-order valence-electron chi connectivity index (χ1n) is 7.87. The van der Waals surface area contributed by atoms with Gasteiger partial charge in [-0.25, -0.2) is 9.98 Å². The van der Waals surface area contributed by atoms with Crippen LogP contribution in [0, 0.1) is 0 Å². The molecule has 0 aliphatic heterocycles. The van der Waals surface area contributed by atoms with Crippen LogP contribution in [-0.2, 0) is 6.54 Å². The third kappa shape index (κ3) is 5.23. The first-order chi connectivity index (χ1) is 10.8. The molecule has 1 aromatic heterocycles. The van der Waals surface area contributed by atoms with Gasteiger partial charge in [-0.15, -0.1) is 24.0 Å². The van der Waals surface area contributed by atoms with Gasteiger partial charge in [0.05, 0.1) is 6.54 Å². The number of oxazole rings is 1. The molecular formula is C17H23IN4O. The molecule has 0 saturated heterocycles. The lowest BCUT2D eigenvalue weighted by molar-refractivity contribution is 0.412. The molecule has 0 amide bonds. The van der Waals surface area contributed by atoms with Gasteiger partial charge in [-0.1, -0.05) is 37.5 Å². The van der Waals surface area contributed by atoms with Gasteiger partial charge in [0.2, 0.25) is 5.89 Å². The minimum atomic E-state index is 0. The van der Waals surface area contributed by atoms with Crippen molar-refractivity contribution < 1.29 is 4.42 Å². The van der Waals surface area contributed by atoms with E-state index in [1.54, 1.807) is 6.26 Å². The highest BCUT2D eigenvalue weighted by Crippen LogP contribution is 2.18. The van der Waals surface area contributed by atoms with Crippen LogP contribution in [0.25, 0.3) is 11.5 Å². The number of rotatable bonds is 4. The smallest absolute Gasteiger partial charge is 0.226 e. The summed E-state index contributed by atoms with van der Waals surface area (Å²) in [4.78, 5) is 8.80. The standard InChI is InChI=1S/C17H22N4O.HI/c18-17(21-14-9-5-2-6-10-14)19-11-15-12-22-16(20-15)13-7-3-1-4-8-13;/h1,3-4,7-8,12,14H,2,5-6,9-11H2,(H3,18,19,21);1H. The highest BCUT2D eigenvalue weighted by atomic mass is 127. The van der Waals surface area contributed by atoms with Crippen LogP contribution >= 0.6 is 24.0 Å². The fraction of sp³-hybridized carbons (Fsp3) is 0.412. The van der Waals surface area contributed by atoms with Crippen molar-refractivity contribution in [3.8, 4) is 11.5 Å². The van der Waals surface area contributed by atoms with Crippen LogP contribution < -0.4 is 11.1 Å². The van der Waals surface area contributed by atoms with Gasteiger partial charge in [-0.3, -0.25) is 0 Å². The number of nitrogens with zero attached hydrogens (tertiary/aromatic N) is 2. The average molecular weight is 426 g/mol. The molecule has 1 saturated carbocycles. The fourth-order valence-corrected chi connectivity index (χ4v) is 2.76. The summed E-state index contributed by atoms with van der Waals surface area (Å²) in [5.74, 6) is 1.11. The van der Waals surface area contributed by atoms with E-state index in [9.17, 15) is 0 Å². The Morgan fingerprint density at radius 3 is 2.70 bits per heavy atom. The molecule has 0 spiro atoms. The lowest BCUT2D eigenvalue weighted by Crippen LogP contribution is -2.41. The van der Waals surface area contributed by atoms with E-state index in [2.05, 4.69) is 15.3 Å². The van der Waals surface area contributed by atoms with Gasteiger partial charge < -0.3 is 15.5 Å². The van der Waals surface area contributed by atoms with Crippen LogP contribution in [0.1, 0.15) is 37.8 Å². The summed E-state index contributed by atoms with van der Waals surface area (Å²) in [6.07, 6.45) is 7.87. The number of hydrogen-bond donors (Lipinski definition) is 2. The van der Waals surface area contributed by atoms with Crippen molar-refractivity contribution in [1.82, 2.24) is 10.3 Å². The number of aromatic nitrogens is 1. The molecule has 5 nitrogen and oxygen atoms in total. The predicted molar refractivity (Wildman–Crippen MR) is 103 cm³/mol. The van der Waals surface area contributed by atoms with Crippen LogP contribution in [-0.4, -0.2) is 17.0 Å². The third-order valence-electron chi connectivity index (χ3n) is 3.94. The average Bonchev–Trinajstić information content (AvgIpc) is 3.04. The maximum Gasteiger partial charge on any atom is 0.226 e. The molecule has 1 aliphatic rings. The minimum Gasteiger partial charge on any atom is -0.444 e. The Bertz CT molecular complexity index is 621. The Morgan fingerprint density at radius 1 is 1.22 bits per heavy atom. The highest BCUT2D eigenvalue weighted by molar-refractivity contribution is 14.0. The maximum atomic E-state index is 5.95. The van der Waals surface area contributed by atoms with Crippen molar-refractivity contribution in [3.63, 3.8) is 0 Å². The number of nitrogens with one attached hydrogen (secondary N) is 1. The van der Waals surface area contributed by atoms with Crippen molar-refractivity contribution in [3.05, 3.63) is 42.3 Å². The van der Waals surface area contributed by atoms with E-state index < -0.39 is 0 Å². The summed E-state index contributed by atoms with van der Waals surface area (Å²) in [5, 5.41) is 3.30. The number of halogens is 1. The molecular weight excluding hydrogens is 403 g/mol. The summed E-state index contributed by atoms with van der Waals surface area (Å²) in [6, 6.07) is 10.3. The van der Waals surface area contributed by atoms with Crippen molar-refractivity contribution in [2.75, 3.05) is 0 Å². The fourth-order valence-electron chi connectivity index (χ4n) is 2.76. The van der Waals surface area contributed by atoms with Crippen LogP contribution in [0.5, 0.6) is 0 Å². The lowest BCUT2D eigenvalue weighted by Gasteiger charge is -2.23. The second-order valence-electron chi connectivity index (χ2n) is 5.69. The Balaban J connectivity index is 0.00000192. The zero-order valence-corrected chi connectivity index (χ0v) is 15.4. The van der Waals surface area contributed by atoms with E-state index in [1.807, 2.05) is 30.3 Å². The SMILES string of the molecule is I.NC(=NCc1coc(-c2ccccc2)n1)NC1CCCCC1. The summed E-state index contributed by atoms with van der Waals surface area (Å²) >= 11 is 0. The topological polar surface area (TPSA) is 76.4 Å². The number of benzene rings is 1. The van der Waals surface area contributed by atoms with Crippen molar-refractivity contribution in [2.24, 2.45) is 10.7 Å². The Morgan fingerprint density at radius 2 is 1.96 bits per heavy atom.